The number of nitrogens with zero attached hydrogens (tertiary/aromatic N) is 1. The van der Waals surface area contributed by atoms with Gasteiger partial charge in [0, 0.05) is 6.07 Å². The first-order valence-electron chi connectivity index (χ1n) is 5.63. The van der Waals surface area contributed by atoms with Crippen LogP contribution >= 0.6 is 0 Å². The van der Waals surface area contributed by atoms with Crippen LogP contribution in [0.4, 0.5) is 5.69 Å². The molecular formula is C13H17N3O2. The van der Waals surface area contributed by atoms with E-state index in [0.29, 0.717) is 17.0 Å². The van der Waals surface area contributed by atoms with E-state index in [9.17, 15) is 4.79 Å². The number of nitrogens with two attached hydrogens (primary N) is 1. The number of anilines is 1. The summed E-state index contributed by atoms with van der Waals surface area (Å²) in [5, 5.41) is 12.0. The molecule has 1 rings (SSSR count). The molecule has 5 nitrogen and oxygen atoms in total. The van der Waals surface area contributed by atoms with Gasteiger partial charge in [-0.2, -0.15) is 5.26 Å². The molecule has 0 fully saturated rings. The quantitative estimate of drug-likeness (QED) is 0.825. The number of benzene rings is 1. The lowest BCUT2D eigenvalue weighted by molar-refractivity contribution is -0.119. The summed E-state index contributed by atoms with van der Waals surface area (Å²) in [6.07, 6.45) is 0. The number of hydrogen-bond donors (Lipinski definition) is 2. The smallest absolute Gasteiger partial charge is 0.240 e. The van der Waals surface area contributed by atoms with E-state index in [2.05, 4.69) is 11.4 Å². The van der Waals surface area contributed by atoms with Crippen LogP contribution in [0.2, 0.25) is 0 Å². The molecule has 0 aliphatic carbocycles. The van der Waals surface area contributed by atoms with Crippen molar-refractivity contribution in [3.05, 3.63) is 23.8 Å². The van der Waals surface area contributed by atoms with Gasteiger partial charge in [0.25, 0.3) is 0 Å². The molecule has 96 valence electrons. The van der Waals surface area contributed by atoms with Crippen molar-refractivity contribution < 1.29 is 9.53 Å². The van der Waals surface area contributed by atoms with Crippen LogP contribution in [0.1, 0.15) is 19.4 Å². The number of rotatable bonds is 5. The Morgan fingerprint density at radius 3 is 2.61 bits per heavy atom. The maximum atomic E-state index is 11.3. The molecule has 5 heteroatoms. The molecule has 0 saturated carbocycles. The minimum Gasteiger partial charge on any atom is -0.497 e. The van der Waals surface area contributed by atoms with E-state index in [1.54, 1.807) is 25.3 Å². The molecule has 3 N–H and O–H groups in total. The van der Waals surface area contributed by atoms with Crippen LogP contribution in [0.3, 0.4) is 0 Å². The Labute approximate surface area is 107 Å². The number of carbonyl (C=O) groups excluding carboxylic acids is 1. The highest BCUT2D eigenvalue weighted by molar-refractivity contribution is 5.84. The first kappa shape index (κ1) is 13.8. The van der Waals surface area contributed by atoms with Crippen molar-refractivity contribution >= 4 is 11.6 Å². The molecule has 1 unspecified atom stereocenters. The molecule has 0 aromatic heterocycles. The Kier molecular flexibility index (Phi) is 4.55. The number of hydrogen-bond acceptors (Lipinski definition) is 4. The Bertz CT molecular complexity index is 478. The molecule has 1 atom stereocenters. The summed E-state index contributed by atoms with van der Waals surface area (Å²) >= 11 is 0. The van der Waals surface area contributed by atoms with E-state index in [1.165, 1.54) is 0 Å². The van der Waals surface area contributed by atoms with Crippen LogP contribution in [-0.2, 0) is 4.79 Å². The van der Waals surface area contributed by atoms with E-state index in [1.807, 2.05) is 13.8 Å². The van der Waals surface area contributed by atoms with Gasteiger partial charge in [-0.05, 0) is 18.1 Å². The van der Waals surface area contributed by atoms with E-state index in [-0.39, 0.29) is 5.92 Å². The van der Waals surface area contributed by atoms with Crippen LogP contribution in [0.5, 0.6) is 5.75 Å². The van der Waals surface area contributed by atoms with Crippen LogP contribution in [0.25, 0.3) is 0 Å². The van der Waals surface area contributed by atoms with Gasteiger partial charge >= 0.3 is 0 Å². The highest BCUT2D eigenvalue weighted by Crippen LogP contribution is 2.23. The fourth-order valence-electron chi connectivity index (χ4n) is 1.60. The normalized spacial score (nSPS) is 11.7. The van der Waals surface area contributed by atoms with Crippen molar-refractivity contribution in [2.24, 2.45) is 11.7 Å². The monoisotopic (exact) mass is 247 g/mol. The summed E-state index contributed by atoms with van der Waals surface area (Å²) in [6, 6.07) is 6.54. The van der Waals surface area contributed by atoms with Gasteiger partial charge in [0.15, 0.2) is 0 Å². The van der Waals surface area contributed by atoms with Gasteiger partial charge in [-0.3, -0.25) is 4.79 Å². The Hall–Kier alpha value is -2.22. The number of nitrogens with one attached hydrogen (secondary N) is 1. The largest absolute Gasteiger partial charge is 0.497 e. The lowest BCUT2D eigenvalue weighted by atomic mass is 10.0. The lowest BCUT2D eigenvalue weighted by Crippen LogP contribution is -2.39. The van der Waals surface area contributed by atoms with Crippen LogP contribution in [-0.4, -0.2) is 19.1 Å². The molecular weight excluding hydrogens is 230 g/mol. The maximum absolute atomic E-state index is 11.3. The topological polar surface area (TPSA) is 88.1 Å². The fourth-order valence-corrected chi connectivity index (χ4v) is 1.60. The lowest BCUT2D eigenvalue weighted by Gasteiger charge is -2.21. The van der Waals surface area contributed by atoms with Crippen LogP contribution in [0, 0.1) is 17.2 Å². The zero-order chi connectivity index (χ0) is 13.7. The average Bonchev–Trinajstić information content (AvgIpc) is 2.34. The van der Waals surface area contributed by atoms with Crippen molar-refractivity contribution in [3.8, 4) is 11.8 Å². The zero-order valence-corrected chi connectivity index (χ0v) is 10.7. The number of primary amides is 1. The molecule has 1 aromatic rings. The second-order valence-corrected chi connectivity index (χ2v) is 4.29. The van der Waals surface area contributed by atoms with Crippen LogP contribution in [0.15, 0.2) is 18.2 Å². The van der Waals surface area contributed by atoms with Gasteiger partial charge in [0.2, 0.25) is 5.91 Å². The van der Waals surface area contributed by atoms with Gasteiger partial charge < -0.3 is 15.8 Å². The van der Waals surface area contributed by atoms with Crippen molar-refractivity contribution in [3.63, 3.8) is 0 Å². The van der Waals surface area contributed by atoms with Gasteiger partial charge in [-0.15, -0.1) is 0 Å². The molecule has 0 radical (unpaired) electrons. The first-order chi connectivity index (χ1) is 8.49. The molecule has 1 aromatic carbocycles. The number of ether oxygens (including phenoxy) is 1. The Morgan fingerprint density at radius 1 is 1.50 bits per heavy atom. The summed E-state index contributed by atoms with van der Waals surface area (Å²) < 4.78 is 5.09. The van der Waals surface area contributed by atoms with E-state index < -0.39 is 11.9 Å². The molecule has 0 saturated heterocycles. The molecule has 0 bridgehead atoms. The Balaban J connectivity index is 3.08. The van der Waals surface area contributed by atoms with Crippen molar-refractivity contribution in [1.82, 2.24) is 0 Å². The van der Waals surface area contributed by atoms with Gasteiger partial charge in [-0.25, -0.2) is 0 Å². The molecule has 18 heavy (non-hydrogen) atoms. The summed E-state index contributed by atoms with van der Waals surface area (Å²) in [4.78, 5) is 11.3. The molecule has 0 aliphatic heterocycles. The predicted octanol–water partition coefficient (Wildman–Crippen LogP) is 1.49. The second kappa shape index (κ2) is 5.92. The van der Waals surface area contributed by atoms with Crippen molar-refractivity contribution in [2.45, 2.75) is 19.9 Å². The highest BCUT2D eigenvalue weighted by Gasteiger charge is 2.20. The van der Waals surface area contributed by atoms with E-state index in [0.717, 1.165) is 0 Å². The number of amides is 1. The summed E-state index contributed by atoms with van der Waals surface area (Å²) in [7, 11) is 1.54. The average molecular weight is 247 g/mol. The standard InChI is InChI=1S/C13H17N3O2/c1-8(2)12(13(15)17)16-11-6-10(18-3)5-4-9(11)7-14/h4-6,8,12,16H,1-3H3,(H2,15,17). The van der Waals surface area contributed by atoms with Gasteiger partial charge in [0.05, 0.1) is 18.4 Å². The van der Waals surface area contributed by atoms with Gasteiger partial charge in [-0.1, -0.05) is 13.8 Å². The minimum atomic E-state index is -0.524. The maximum Gasteiger partial charge on any atom is 0.240 e. The predicted molar refractivity (Wildman–Crippen MR) is 69.2 cm³/mol. The summed E-state index contributed by atoms with van der Waals surface area (Å²) in [5.74, 6) is 0.195. The zero-order valence-electron chi connectivity index (χ0n) is 10.7. The van der Waals surface area contributed by atoms with E-state index in [4.69, 9.17) is 15.7 Å². The minimum absolute atomic E-state index is 0.0280. The van der Waals surface area contributed by atoms with E-state index >= 15 is 0 Å². The molecule has 0 aliphatic rings. The first-order valence-corrected chi connectivity index (χ1v) is 5.63. The fraction of sp³-hybridized carbons (Fsp3) is 0.385. The third kappa shape index (κ3) is 3.14. The number of methoxy groups -OCH3 is 1. The molecule has 0 heterocycles. The van der Waals surface area contributed by atoms with Crippen LogP contribution < -0.4 is 15.8 Å². The number of nitriles is 1. The molecule has 1 amide bonds. The third-order valence-electron chi connectivity index (χ3n) is 2.63. The third-order valence-corrected chi connectivity index (χ3v) is 2.63. The number of carbonyl (C=O) groups is 1. The highest BCUT2D eigenvalue weighted by atomic mass is 16.5. The second-order valence-electron chi connectivity index (χ2n) is 4.29. The van der Waals surface area contributed by atoms with Crippen molar-refractivity contribution in [2.75, 3.05) is 12.4 Å². The summed E-state index contributed by atoms with van der Waals surface area (Å²) in [5.41, 5.74) is 6.33. The molecule has 0 spiro atoms. The Morgan fingerprint density at radius 2 is 2.17 bits per heavy atom. The van der Waals surface area contributed by atoms with Crippen molar-refractivity contribution in [1.29, 1.82) is 5.26 Å². The SMILES string of the molecule is COc1ccc(C#N)c(NC(C(N)=O)C(C)C)c1. The van der Waals surface area contributed by atoms with Gasteiger partial charge in [0.1, 0.15) is 17.9 Å². The summed E-state index contributed by atoms with van der Waals surface area (Å²) in [6.45, 7) is 3.77.